The number of ether oxygens (including phenoxy) is 1. The molecule has 5 heteroatoms. The Labute approximate surface area is 68.8 Å². The minimum Gasteiger partial charge on any atom is -0.495 e. The van der Waals surface area contributed by atoms with Gasteiger partial charge in [0.25, 0.3) is 0 Å². The highest BCUT2D eigenvalue weighted by Crippen LogP contribution is 2.02. The van der Waals surface area contributed by atoms with Gasteiger partial charge in [0.2, 0.25) is 0 Å². The Balaban J connectivity index is 2.84. The second-order valence-electron chi connectivity index (χ2n) is 1.93. The first-order valence-electron chi connectivity index (χ1n) is 4.38. The van der Waals surface area contributed by atoms with Crippen molar-refractivity contribution < 1.29 is 18.9 Å². The smallest absolute Gasteiger partial charge is 0.490 e. The molecular formula is C6H8BNO3. The van der Waals surface area contributed by atoms with Gasteiger partial charge < -0.3 is 14.8 Å². The molecule has 4 nitrogen and oxygen atoms in total. The lowest BCUT2D eigenvalue weighted by Crippen LogP contribution is -2.29. The lowest BCUT2D eigenvalue weighted by Gasteiger charge is -2.01. The molecule has 0 amide bonds. The zero-order chi connectivity index (χ0) is 10.8. The Bertz CT molecular complexity index is 317. The summed E-state index contributed by atoms with van der Waals surface area (Å²) < 4.78 is 24.9. The molecule has 0 bridgehead atoms. The normalized spacial score (nSPS) is 14.5. The van der Waals surface area contributed by atoms with Crippen molar-refractivity contribution in [2.24, 2.45) is 0 Å². The average molecular weight is 156 g/mol. The Morgan fingerprint density at radius 3 is 3.09 bits per heavy atom. The number of hydrogen-bond acceptors (Lipinski definition) is 4. The summed E-state index contributed by atoms with van der Waals surface area (Å²) in [5.41, 5.74) is 0.0757. The van der Waals surface area contributed by atoms with Gasteiger partial charge in [-0.25, -0.2) is 0 Å². The molecule has 0 saturated heterocycles. The molecule has 0 atom stereocenters. The van der Waals surface area contributed by atoms with E-state index in [4.69, 9.17) is 14.2 Å². The van der Waals surface area contributed by atoms with E-state index < -0.39 is 14.2 Å². The number of pyridine rings is 1. The van der Waals surface area contributed by atoms with E-state index in [0.29, 0.717) is 0 Å². The van der Waals surface area contributed by atoms with Crippen molar-refractivity contribution in [2.45, 2.75) is 0 Å². The highest BCUT2D eigenvalue weighted by molar-refractivity contribution is 6.58. The van der Waals surface area contributed by atoms with E-state index in [2.05, 4.69) is 9.72 Å². The van der Waals surface area contributed by atoms with Crippen LogP contribution >= 0.6 is 0 Å². The molecule has 0 aromatic carbocycles. The first-order valence-corrected chi connectivity index (χ1v) is 2.88. The van der Waals surface area contributed by atoms with Gasteiger partial charge in [-0.05, 0) is 6.07 Å². The van der Waals surface area contributed by atoms with Crippen LogP contribution in [0.15, 0.2) is 18.5 Å². The summed E-state index contributed by atoms with van der Waals surface area (Å²) in [6.45, 7) is 0. The summed E-state index contributed by atoms with van der Waals surface area (Å²) in [6.07, 6.45) is 2.38. The third-order valence-electron chi connectivity index (χ3n) is 1.15. The summed E-state index contributed by atoms with van der Waals surface area (Å²) in [5, 5.41) is 17.5. The van der Waals surface area contributed by atoms with Crippen LogP contribution in [0, 0.1) is 0 Å². The number of nitrogens with zero attached hydrogens (tertiary/aromatic N) is 1. The zero-order valence-corrected chi connectivity index (χ0v) is 5.56. The average Bonchev–Trinajstić information content (AvgIpc) is 2.01. The monoisotopic (exact) mass is 156 g/mol. The third-order valence-corrected chi connectivity index (χ3v) is 1.15. The van der Waals surface area contributed by atoms with Gasteiger partial charge in [-0.2, -0.15) is 0 Å². The van der Waals surface area contributed by atoms with Crippen LogP contribution in [0.25, 0.3) is 0 Å². The van der Waals surface area contributed by atoms with E-state index in [1.807, 2.05) is 0 Å². The highest BCUT2D eigenvalue weighted by atomic mass is 16.5. The van der Waals surface area contributed by atoms with Gasteiger partial charge in [0.15, 0.2) is 0 Å². The van der Waals surface area contributed by atoms with Gasteiger partial charge in [0.1, 0.15) is 5.75 Å². The topological polar surface area (TPSA) is 62.6 Å². The molecule has 0 aliphatic heterocycles. The Kier molecular flexibility index (Phi) is 1.45. The van der Waals surface area contributed by atoms with E-state index in [0.717, 1.165) is 0 Å². The minimum atomic E-state index is -2.57. The van der Waals surface area contributed by atoms with Gasteiger partial charge in [-0.1, -0.05) is 0 Å². The molecule has 1 aromatic rings. The first-order chi connectivity index (χ1) is 6.38. The van der Waals surface area contributed by atoms with Crippen LogP contribution in [0.4, 0.5) is 0 Å². The molecule has 1 aromatic heterocycles. The van der Waals surface area contributed by atoms with Crippen LogP contribution in [0.1, 0.15) is 4.11 Å². The molecule has 0 aliphatic rings. The highest BCUT2D eigenvalue weighted by Gasteiger charge is 2.11. The standard InChI is InChI=1S/C6H8BNO3/c1-11-6-2-5(7(9)10)3-8-4-6/h2-4,9-10H,1H3/i1D3. The Morgan fingerprint density at radius 2 is 2.45 bits per heavy atom. The molecule has 0 unspecified atom stereocenters. The fourth-order valence-corrected chi connectivity index (χ4v) is 0.633. The van der Waals surface area contributed by atoms with Gasteiger partial charge >= 0.3 is 7.12 Å². The van der Waals surface area contributed by atoms with E-state index in [1.165, 1.54) is 18.5 Å². The zero-order valence-electron chi connectivity index (χ0n) is 8.56. The molecule has 0 fully saturated rings. The number of hydrogen-bond donors (Lipinski definition) is 2. The summed E-state index contributed by atoms with van der Waals surface area (Å²) in [5.74, 6) is -0.0319. The number of rotatable bonds is 2. The largest absolute Gasteiger partial charge is 0.495 e. The first kappa shape index (κ1) is 4.74. The van der Waals surface area contributed by atoms with Crippen LogP contribution in [-0.2, 0) is 0 Å². The van der Waals surface area contributed by atoms with Crippen molar-refractivity contribution >= 4 is 12.6 Å². The van der Waals surface area contributed by atoms with Crippen LogP contribution in [0.3, 0.4) is 0 Å². The maximum Gasteiger partial charge on any atom is 0.490 e. The van der Waals surface area contributed by atoms with Crippen LogP contribution in [0.5, 0.6) is 5.75 Å². The fourth-order valence-electron chi connectivity index (χ4n) is 0.633. The third kappa shape index (κ3) is 1.93. The lowest BCUT2D eigenvalue weighted by molar-refractivity contribution is 0.410. The van der Waals surface area contributed by atoms with Crippen molar-refractivity contribution in [3.8, 4) is 5.75 Å². The van der Waals surface area contributed by atoms with Crippen molar-refractivity contribution in [1.29, 1.82) is 0 Å². The second kappa shape index (κ2) is 3.36. The lowest BCUT2D eigenvalue weighted by atomic mass is 9.82. The van der Waals surface area contributed by atoms with Crippen LogP contribution in [-0.4, -0.2) is 29.2 Å². The molecule has 1 rings (SSSR count). The van der Waals surface area contributed by atoms with E-state index in [-0.39, 0.29) is 11.2 Å². The molecule has 2 N–H and O–H groups in total. The summed E-state index contributed by atoms with van der Waals surface area (Å²) in [4.78, 5) is 3.60. The van der Waals surface area contributed by atoms with Crippen LogP contribution in [0.2, 0.25) is 0 Å². The Morgan fingerprint density at radius 1 is 1.64 bits per heavy atom. The second-order valence-corrected chi connectivity index (χ2v) is 1.93. The minimum absolute atomic E-state index is 0.0319. The maximum absolute atomic E-state index is 8.77. The predicted octanol–water partition coefficient (Wildman–Crippen LogP) is -1.23. The molecule has 0 saturated carbocycles. The maximum atomic E-state index is 8.77. The molecule has 0 aliphatic carbocycles. The van der Waals surface area contributed by atoms with Crippen molar-refractivity contribution in [3.63, 3.8) is 0 Å². The van der Waals surface area contributed by atoms with E-state index >= 15 is 0 Å². The molecule has 0 spiro atoms. The van der Waals surface area contributed by atoms with Gasteiger partial charge in [-0.3, -0.25) is 4.98 Å². The van der Waals surface area contributed by atoms with E-state index in [9.17, 15) is 0 Å². The van der Waals surface area contributed by atoms with Crippen molar-refractivity contribution in [1.82, 2.24) is 4.98 Å². The van der Waals surface area contributed by atoms with Crippen LogP contribution < -0.4 is 10.2 Å². The summed E-state index contributed by atoms with van der Waals surface area (Å²) >= 11 is 0. The number of methoxy groups -OCH3 is 1. The van der Waals surface area contributed by atoms with Gasteiger partial charge in [0, 0.05) is 11.7 Å². The Hall–Kier alpha value is -1.07. The van der Waals surface area contributed by atoms with Gasteiger partial charge in [0.05, 0.1) is 17.3 Å². The van der Waals surface area contributed by atoms with E-state index in [1.54, 1.807) is 0 Å². The predicted molar refractivity (Wildman–Crippen MR) is 40.6 cm³/mol. The van der Waals surface area contributed by atoms with Crippen molar-refractivity contribution in [3.05, 3.63) is 18.5 Å². The summed E-state index contributed by atoms with van der Waals surface area (Å²) in [7, 11) is -4.26. The molecule has 0 radical (unpaired) electrons. The molecule has 11 heavy (non-hydrogen) atoms. The van der Waals surface area contributed by atoms with Gasteiger partial charge in [-0.15, -0.1) is 0 Å². The SMILES string of the molecule is [2H]C([2H])([2H])Oc1cncc(B(O)O)c1. The molecule has 1 heterocycles. The fraction of sp³-hybridized carbons (Fsp3) is 0.167. The van der Waals surface area contributed by atoms with Crippen molar-refractivity contribution in [2.75, 3.05) is 7.04 Å². The number of aromatic nitrogens is 1. The molecular weight excluding hydrogens is 145 g/mol. The summed E-state index contributed by atoms with van der Waals surface area (Å²) in [6, 6.07) is 1.20. The molecule has 58 valence electrons. The quantitative estimate of drug-likeness (QED) is 0.526.